The summed E-state index contributed by atoms with van der Waals surface area (Å²) in [4.78, 5) is 42.3. The lowest BCUT2D eigenvalue weighted by molar-refractivity contribution is -0.136. The van der Waals surface area contributed by atoms with E-state index in [2.05, 4.69) is 0 Å². The maximum absolute atomic E-state index is 11.2. The second kappa shape index (κ2) is 9.24. The van der Waals surface area contributed by atoms with Crippen LogP contribution >= 0.6 is 0 Å². The fourth-order valence-corrected chi connectivity index (χ4v) is 1.14. The van der Waals surface area contributed by atoms with E-state index in [-0.39, 0.29) is 18.6 Å². The highest BCUT2D eigenvalue weighted by molar-refractivity contribution is 6.37. The van der Waals surface area contributed by atoms with E-state index in [4.69, 9.17) is 0 Å². The first-order valence-electron chi connectivity index (χ1n) is 5.15. The van der Waals surface area contributed by atoms with Crippen LogP contribution in [-0.2, 0) is 19.2 Å². The number of unbranched alkanes of at least 4 members (excludes halogenated alkanes) is 3. The first-order valence-corrected chi connectivity index (χ1v) is 5.15. The molecule has 0 bridgehead atoms. The van der Waals surface area contributed by atoms with Gasteiger partial charge in [-0.2, -0.15) is 0 Å². The normalized spacial score (nSPS) is 9.60. The maximum Gasteiger partial charge on any atom is 0.198 e. The van der Waals surface area contributed by atoms with Gasteiger partial charge in [0.05, 0.1) is 0 Å². The Morgan fingerprint density at radius 2 is 1.20 bits per heavy atom. The fraction of sp³-hybridized carbons (Fsp3) is 0.636. The van der Waals surface area contributed by atoms with Gasteiger partial charge in [-0.05, 0) is 19.3 Å². The van der Waals surface area contributed by atoms with Crippen molar-refractivity contribution in [2.75, 3.05) is 0 Å². The Bertz CT molecular complexity index is 233. The highest BCUT2D eigenvalue weighted by atomic mass is 16.2. The van der Waals surface area contributed by atoms with Crippen molar-refractivity contribution in [2.24, 2.45) is 0 Å². The van der Waals surface area contributed by atoms with Crippen LogP contribution in [0.5, 0.6) is 0 Å². The smallest absolute Gasteiger partial charge is 0.198 e. The van der Waals surface area contributed by atoms with Crippen molar-refractivity contribution in [3.8, 4) is 0 Å². The van der Waals surface area contributed by atoms with Gasteiger partial charge in [0.1, 0.15) is 12.6 Å². The van der Waals surface area contributed by atoms with E-state index in [0.717, 1.165) is 12.6 Å². The number of carbonyl (C=O) groups is 4. The van der Waals surface area contributed by atoms with E-state index in [1.54, 1.807) is 0 Å². The average molecular weight is 212 g/mol. The minimum Gasteiger partial charge on any atom is -0.303 e. The van der Waals surface area contributed by atoms with Crippen molar-refractivity contribution in [3.05, 3.63) is 0 Å². The van der Waals surface area contributed by atoms with Gasteiger partial charge < -0.3 is 9.59 Å². The highest BCUT2D eigenvalue weighted by Crippen LogP contribution is 2.03. The summed E-state index contributed by atoms with van der Waals surface area (Å²) < 4.78 is 0. The van der Waals surface area contributed by atoms with Gasteiger partial charge >= 0.3 is 0 Å². The molecular formula is C11H16O4. The molecule has 0 aliphatic heterocycles. The zero-order valence-electron chi connectivity index (χ0n) is 8.74. The van der Waals surface area contributed by atoms with Crippen LogP contribution < -0.4 is 0 Å². The van der Waals surface area contributed by atoms with E-state index in [9.17, 15) is 19.2 Å². The topological polar surface area (TPSA) is 68.3 Å². The molecule has 0 atom stereocenters. The molecule has 0 fully saturated rings. The summed E-state index contributed by atoms with van der Waals surface area (Å²) >= 11 is 0. The first-order chi connectivity index (χ1) is 7.22. The van der Waals surface area contributed by atoms with Gasteiger partial charge in [0.15, 0.2) is 11.6 Å². The van der Waals surface area contributed by atoms with Gasteiger partial charge in [-0.3, -0.25) is 9.59 Å². The minimum absolute atomic E-state index is 0.158. The highest BCUT2D eigenvalue weighted by Gasteiger charge is 2.11. The number of ketones is 2. The van der Waals surface area contributed by atoms with Gasteiger partial charge in [0.25, 0.3) is 0 Å². The lowest BCUT2D eigenvalue weighted by atomic mass is 10.0. The third-order valence-corrected chi connectivity index (χ3v) is 2.01. The number of rotatable bonds is 10. The van der Waals surface area contributed by atoms with Crippen molar-refractivity contribution in [1.82, 2.24) is 0 Å². The van der Waals surface area contributed by atoms with Crippen molar-refractivity contribution in [3.63, 3.8) is 0 Å². The van der Waals surface area contributed by atoms with Crippen molar-refractivity contribution in [1.29, 1.82) is 0 Å². The Kier molecular flexibility index (Phi) is 8.43. The van der Waals surface area contributed by atoms with E-state index in [1.807, 2.05) is 0 Å². The molecule has 0 aromatic carbocycles. The number of hydrogen-bond donors (Lipinski definition) is 0. The lowest BCUT2D eigenvalue weighted by Crippen LogP contribution is -2.13. The number of aldehydes is 2. The Morgan fingerprint density at radius 3 is 1.73 bits per heavy atom. The molecule has 84 valence electrons. The Labute approximate surface area is 89.0 Å². The molecule has 0 unspecified atom stereocenters. The zero-order chi connectivity index (χ0) is 11.5. The summed E-state index contributed by atoms with van der Waals surface area (Å²) in [5.74, 6) is -0.783. The summed E-state index contributed by atoms with van der Waals surface area (Å²) in [6, 6.07) is 0. The molecule has 0 amide bonds. The quantitative estimate of drug-likeness (QED) is 0.310. The lowest BCUT2D eigenvalue weighted by Gasteiger charge is -1.98. The fourth-order valence-electron chi connectivity index (χ4n) is 1.14. The standard InChI is InChI=1S/C11H16O4/c12-8-4-1-2-6-10(14)11(15)7-3-5-9-13/h8-9H,1-7H2. The van der Waals surface area contributed by atoms with E-state index >= 15 is 0 Å². The van der Waals surface area contributed by atoms with Gasteiger partial charge in [0.2, 0.25) is 0 Å². The molecule has 0 radical (unpaired) electrons. The van der Waals surface area contributed by atoms with Crippen LogP contribution in [0.1, 0.15) is 44.9 Å². The average Bonchev–Trinajstić information content (AvgIpc) is 2.24. The number of Topliss-reactive ketones (excluding diaryl/α,β-unsaturated/α-hetero) is 2. The molecule has 0 saturated carbocycles. The van der Waals surface area contributed by atoms with Crippen LogP contribution in [0.15, 0.2) is 0 Å². The largest absolute Gasteiger partial charge is 0.303 e. The predicted octanol–water partition coefficient (Wildman–Crippen LogP) is 1.25. The summed E-state index contributed by atoms with van der Waals surface area (Å²) in [6.07, 6.45) is 4.35. The van der Waals surface area contributed by atoms with E-state index < -0.39 is 5.78 Å². The molecule has 0 saturated heterocycles. The van der Waals surface area contributed by atoms with Gasteiger partial charge in [-0.15, -0.1) is 0 Å². The molecule has 0 rings (SSSR count). The molecule has 15 heavy (non-hydrogen) atoms. The number of hydrogen-bond acceptors (Lipinski definition) is 4. The zero-order valence-corrected chi connectivity index (χ0v) is 8.74. The molecule has 0 spiro atoms. The van der Waals surface area contributed by atoms with Crippen LogP contribution in [0.4, 0.5) is 0 Å². The van der Waals surface area contributed by atoms with Gasteiger partial charge in [0, 0.05) is 25.7 Å². The first kappa shape index (κ1) is 13.7. The summed E-state index contributed by atoms with van der Waals surface area (Å²) in [7, 11) is 0. The van der Waals surface area contributed by atoms with Crippen molar-refractivity contribution >= 4 is 24.1 Å². The van der Waals surface area contributed by atoms with Crippen molar-refractivity contribution in [2.45, 2.75) is 44.9 Å². The maximum atomic E-state index is 11.2. The third-order valence-electron chi connectivity index (χ3n) is 2.01. The van der Waals surface area contributed by atoms with E-state index in [0.29, 0.717) is 32.1 Å². The molecule has 0 N–H and O–H groups in total. The summed E-state index contributed by atoms with van der Waals surface area (Å²) in [6.45, 7) is 0. The molecular weight excluding hydrogens is 196 g/mol. The van der Waals surface area contributed by atoms with E-state index in [1.165, 1.54) is 0 Å². The van der Waals surface area contributed by atoms with Crippen LogP contribution in [0.2, 0.25) is 0 Å². The second-order valence-electron chi connectivity index (χ2n) is 3.32. The van der Waals surface area contributed by atoms with Crippen molar-refractivity contribution < 1.29 is 19.2 Å². The SMILES string of the molecule is O=CCCCCC(=O)C(=O)CCCC=O. The van der Waals surface area contributed by atoms with Gasteiger partial charge in [-0.25, -0.2) is 0 Å². The predicted molar refractivity (Wildman–Crippen MR) is 54.5 cm³/mol. The molecule has 0 aromatic heterocycles. The van der Waals surface area contributed by atoms with Crippen LogP contribution in [0.25, 0.3) is 0 Å². The minimum atomic E-state index is -0.400. The molecule has 0 heterocycles. The molecule has 0 aliphatic carbocycles. The van der Waals surface area contributed by atoms with Crippen LogP contribution in [0, 0.1) is 0 Å². The number of carbonyl (C=O) groups excluding carboxylic acids is 4. The van der Waals surface area contributed by atoms with Crippen LogP contribution in [-0.4, -0.2) is 24.1 Å². The van der Waals surface area contributed by atoms with Crippen LogP contribution in [0.3, 0.4) is 0 Å². The molecule has 0 aromatic rings. The second-order valence-corrected chi connectivity index (χ2v) is 3.32. The van der Waals surface area contributed by atoms with Gasteiger partial charge in [-0.1, -0.05) is 0 Å². The Morgan fingerprint density at radius 1 is 0.733 bits per heavy atom. The Balaban J connectivity index is 3.55. The third kappa shape index (κ3) is 7.73. The summed E-state index contributed by atoms with van der Waals surface area (Å²) in [5, 5.41) is 0. The summed E-state index contributed by atoms with van der Waals surface area (Å²) in [5.41, 5.74) is 0. The molecule has 4 heteroatoms. The molecule has 0 aliphatic rings. The molecule has 4 nitrogen and oxygen atoms in total. The Hall–Kier alpha value is -1.32. The monoisotopic (exact) mass is 212 g/mol.